The summed E-state index contributed by atoms with van der Waals surface area (Å²) < 4.78 is 1.95. The highest BCUT2D eigenvalue weighted by molar-refractivity contribution is 5.79. The van der Waals surface area contributed by atoms with Crippen molar-refractivity contribution in [3.8, 4) is 0 Å². The fourth-order valence-corrected chi connectivity index (χ4v) is 5.46. The lowest BCUT2D eigenvalue weighted by Gasteiger charge is -2.35. The standard InChI is InChI=1S/C28H34N6O/c1-3-26(27-30-31-32-34(27)16-15-21-9-5-4-6-10-21)33(24-11-7-8-12-24)19-23-18-22-14-13-20(2)17-25(22)29-28(23)35/h4-6,9-10,13-14,17-18,24,26H,3,7-8,11-12,15-16,19H2,1-2H3,(H,29,35). The van der Waals surface area contributed by atoms with Crippen molar-refractivity contribution in [1.82, 2.24) is 30.1 Å². The minimum absolute atomic E-state index is 0.00961. The van der Waals surface area contributed by atoms with Gasteiger partial charge >= 0.3 is 0 Å². The molecule has 2 aromatic heterocycles. The first kappa shape index (κ1) is 23.4. The zero-order valence-electron chi connectivity index (χ0n) is 20.7. The average molecular weight is 471 g/mol. The molecule has 0 aliphatic heterocycles. The lowest BCUT2D eigenvalue weighted by atomic mass is 10.0. The molecule has 182 valence electrons. The van der Waals surface area contributed by atoms with Gasteiger partial charge in [-0.1, -0.05) is 62.2 Å². The van der Waals surface area contributed by atoms with Gasteiger partial charge in [0, 0.05) is 30.2 Å². The van der Waals surface area contributed by atoms with E-state index in [9.17, 15) is 4.79 Å². The van der Waals surface area contributed by atoms with Crippen LogP contribution in [-0.2, 0) is 19.5 Å². The molecule has 0 spiro atoms. The summed E-state index contributed by atoms with van der Waals surface area (Å²) >= 11 is 0. The molecule has 7 nitrogen and oxygen atoms in total. The lowest BCUT2D eigenvalue weighted by Crippen LogP contribution is -2.39. The predicted octanol–water partition coefficient (Wildman–Crippen LogP) is 4.96. The number of aryl methyl sites for hydroxylation is 3. The van der Waals surface area contributed by atoms with E-state index in [0.717, 1.165) is 60.1 Å². The molecule has 7 heteroatoms. The molecule has 2 heterocycles. The van der Waals surface area contributed by atoms with Gasteiger partial charge in [0.15, 0.2) is 5.82 Å². The summed E-state index contributed by atoms with van der Waals surface area (Å²) in [7, 11) is 0. The molecule has 1 unspecified atom stereocenters. The predicted molar refractivity (Wildman–Crippen MR) is 138 cm³/mol. The Morgan fingerprint density at radius 1 is 1.11 bits per heavy atom. The van der Waals surface area contributed by atoms with Gasteiger partial charge in [-0.25, -0.2) is 4.68 Å². The van der Waals surface area contributed by atoms with E-state index in [1.165, 1.54) is 18.4 Å². The third kappa shape index (κ3) is 5.20. The fourth-order valence-electron chi connectivity index (χ4n) is 5.46. The maximum atomic E-state index is 13.1. The Balaban J connectivity index is 1.45. The van der Waals surface area contributed by atoms with Gasteiger partial charge in [0.1, 0.15) is 0 Å². The van der Waals surface area contributed by atoms with E-state index in [4.69, 9.17) is 0 Å². The van der Waals surface area contributed by atoms with E-state index < -0.39 is 0 Å². The van der Waals surface area contributed by atoms with Crippen molar-refractivity contribution in [2.75, 3.05) is 0 Å². The summed E-state index contributed by atoms with van der Waals surface area (Å²) in [6, 6.07) is 19.2. The van der Waals surface area contributed by atoms with Crippen LogP contribution in [-0.4, -0.2) is 36.1 Å². The monoisotopic (exact) mass is 470 g/mol. The number of fused-ring (bicyclic) bond motifs is 1. The Kier molecular flexibility index (Phi) is 7.04. The van der Waals surface area contributed by atoms with Crippen LogP contribution in [0, 0.1) is 6.92 Å². The number of rotatable bonds is 9. The molecular formula is C28H34N6O. The number of pyridine rings is 1. The van der Waals surface area contributed by atoms with Crippen molar-refractivity contribution in [2.24, 2.45) is 0 Å². The quantitative estimate of drug-likeness (QED) is 0.374. The van der Waals surface area contributed by atoms with Crippen LogP contribution in [0.25, 0.3) is 10.9 Å². The number of hydrogen-bond donors (Lipinski definition) is 1. The fraction of sp³-hybridized carbons (Fsp3) is 0.429. The molecule has 1 saturated carbocycles. The molecule has 1 aliphatic rings. The van der Waals surface area contributed by atoms with E-state index in [2.05, 4.69) is 74.8 Å². The number of hydrogen-bond acceptors (Lipinski definition) is 5. The van der Waals surface area contributed by atoms with Gasteiger partial charge in [-0.15, -0.1) is 5.10 Å². The highest BCUT2D eigenvalue weighted by Gasteiger charge is 2.32. The number of nitrogens with zero attached hydrogens (tertiary/aromatic N) is 5. The third-order valence-electron chi connectivity index (χ3n) is 7.32. The zero-order chi connectivity index (χ0) is 24.2. The molecule has 35 heavy (non-hydrogen) atoms. The molecule has 1 fully saturated rings. The number of H-pyrrole nitrogens is 1. The Labute approximate surface area is 206 Å². The molecule has 1 aliphatic carbocycles. The normalized spacial score (nSPS) is 15.3. The Morgan fingerprint density at radius 3 is 2.69 bits per heavy atom. The Bertz CT molecular complexity index is 1320. The molecule has 0 saturated heterocycles. The molecule has 0 amide bonds. The lowest BCUT2D eigenvalue weighted by molar-refractivity contribution is 0.112. The van der Waals surface area contributed by atoms with Crippen LogP contribution >= 0.6 is 0 Å². The van der Waals surface area contributed by atoms with E-state index in [1.807, 2.05) is 23.7 Å². The summed E-state index contributed by atoms with van der Waals surface area (Å²) in [5, 5.41) is 14.0. The summed E-state index contributed by atoms with van der Waals surface area (Å²) in [5.74, 6) is 0.892. The van der Waals surface area contributed by atoms with Crippen LogP contribution in [0.4, 0.5) is 0 Å². The van der Waals surface area contributed by atoms with Crippen molar-refractivity contribution in [1.29, 1.82) is 0 Å². The summed E-state index contributed by atoms with van der Waals surface area (Å²) in [4.78, 5) is 18.7. The number of aromatic nitrogens is 5. The van der Waals surface area contributed by atoms with Crippen LogP contribution in [0.15, 0.2) is 59.4 Å². The van der Waals surface area contributed by atoms with Crippen LogP contribution in [0.1, 0.15) is 67.6 Å². The van der Waals surface area contributed by atoms with Gasteiger partial charge in [-0.2, -0.15) is 0 Å². The highest BCUT2D eigenvalue weighted by atomic mass is 16.1. The number of benzene rings is 2. The molecule has 0 bridgehead atoms. The van der Waals surface area contributed by atoms with Gasteiger partial charge < -0.3 is 4.98 Å². The average Bonchev–Trinajstić information content (AvgIpc) is 3.56. The summed E-state index contributed by atoms with van der Waals surface area (Å²) in [5.41, 5.74) is 4.09. The van der Waals surface area contributed by atoms with Crippen LogP contribution < -0.4 is 5.56 Å². The Hall–Kier alpha value is -3.32. The first-order chi connectivity index (χ1) is 17.1. The van der Waals surface area contributed by atoms with Crippen molar-refractivity contribution >= 4 is 10.9 Å². The number of aromatic amines is 1. The first-order valence-corrected chi connectivity index (χ1v) is 12.8. The van der Waals surface area contributed by atoms with Crippen LogP contribution in [0.3, 0.4) is 0 Å². The molecular weight excluding hydrogens is 436 g/mol. The second kappa shape index (κ2) is 10.5. The van der Waals surface area contributed by atoms with E-state index in [1.54, 1.807) is 0 Å². The van der Waals surface area contributed by atoms with Gasteiger partial charge in [-0.05, 0) is 71.7 Å². The second-order valence-corrected chi connectivity index (χ2v) is 9.74. The third-order valence-corrected chi connectivity index (χ3v) is 7.32. The van der Waals surface area contributed by atoms with Gasteiger partial charge in [0.25, 0.3) is 5.56 Å². The molecule has 4 aromatic rings. The SMILES string of the molecule is CCC(c1nnnn1CCc1ccccc1)N(Cc1cc2ccc(C)cc2[nH]c1=O)C1CCCC1. The second-order valence-electron chi connectivity index (χ2n) is 9.74. The van der Waals surface area contributed by atoms with Crippen molar-refractivity contribution in [2.45, 2.75) is 77.5 Å². The van der Waals surface area contributed by atoms with Gasteiger partial charge in [0.2, 0.25) is 0 Å². The zero-order valence-corrected chi connectivity index (χ0v) is 20.7. The minimum atomic E-state index is -0.00961. The van der Waals surface area contributed by atoms with Crippen molar-refractivity contribution in [3.63, 3.8) is 0 Å². The van der Waals surface area contributed by atoms with Crippen LogP contribution in [0.5, 0.6) is 0 Å². The molecule has 1 atom stereocenters. The van der Waals surface area contributed by atoms with Gasteiger partial charge in [-0.3, -0.25) is 9.69 Å². The van der Waals surface area contributed by atoms with E-state index in [-0.39, 0.29) is 11.6 Å². The largest absolute Gasteiger partial charge is 0.322 e. The summed E-state index contributed by atoms with van der Waals surface area (Å²) in [6.45, 7) is 5.56. The first-order valence-electron chi connectivity index (χ1n) is 12.8. The maximum Gasteiger partial charge on any atom is 0.252 e. The van der Waals surface area contributed by atoms with E-state index >= 15 is 0 Å². The topological polar surface area (TPSA) is 79.7 Å². The highest BCUT2D eigenvalue weighted by Crippen LogP contribution is 2.33. The van der Waals surface area contributed by atoms with Crippen LogP contribution in [0.2, 0.25) is 0 Å². The minimum Gasteiger partial charge on any atom is -0.322 e. The van der Waals surface area contributed by atoms with Crippen molar-refractivity contribution < 1.29 is 0 Å². The number of tetrazole rings is 1. The smallest absolute Gasteiger partial charge is 0.252 e. The van der Waals surface area contributed by atoms with Crippen molar-refractivity contribution in [3.05, 3.63) is 87.5 Å². The Morgan fingerprint density at radius 2 is 1.91 bits per heavy atom. The number of nitrogens with one attached hydrogen (secondary N) is 1. The summed E-state index contributed by atoms with van der Waals surface area (Å²) in [6.07, 6.45) is 6.50. The molecule has 1 N–H and O–H groups in total. The molecule has 5 rings (SSSR count). The molecule has 0 radical (unpaired) electrons. The molecule has 2 aromatic carbocycles. The van der Waals surface area contributed by atoms with Gasteiger partial charge in [0.05, 0.1) is 6.04 Å². The van der Waals surface area contributed by atoms with E-state index in [0.29, 0.717) is 12.6 Å². The maximum absolute atomic E-state index is 13.1.